The largest absolute Gasteiger partial charge is 0.481 e. The lowest BCUT2D eigenvalue weighted by molar-refractivity contribution is -0.173. The molecule has 0 aliphatic heterocycles. The molecule has 2 aromatic rings. The standard InChI is InChI=1S/C22H23NO5/c1-12(24)11-28-22-15-9-5-3-7-13(15)17(14-8-4-6-10-16(14)22)18(20(25)23-2)19(22)21(26)27/h3-10,12,17-19,24H,11H2,1-2H3,(H,23,25)(H,26,27). The molecule has 0 heterocycles. The second-order valence-corrected chi connectivity index (χ2v) is 7.50. The molecular weight excluding hydrogens is 358 g/mol. The number of hydrogen-bond donors (Lipinski definition) is 3. The maximum Gasteiger partial charge on any atom is 0.311 e. The first kappa shape index (κ1) is 18.7. The SMILES string of the molecule is CNC(=O)C1C2c3ccccc3C(OCC(C)O)(c3ccccc32)C1C(=O)O. The molecule has 2 aromatic carbocycles. The van der Waals surface area contributed by atoms with Crippen molar-refractivity contribution >= 4 is 11.9 Å². The molecule has 6 nitrogen and oxygen atoms in total. The summed E-state index contributed by atoms with van der Waals surface area (Å²) >= 11 is 0. The first-order chi connectivity index (χ1) is 13.4. The van der Waals surface area contributed by atoms with Gasteiger partial charge < -0.3 is 20.3 Å². The number of ether oxygens (including phenoxy) is 1. The number of rotatable bonds is 5. The average Bonchev–Trinajstić information content (AvgIpc) is 2.71. The maximum absolute atomic E-state index is 12.9. The number of aliphatic carboxylic acids is 1. The fourth-order valence-corrected chi connectivity index (χ4v) is 4.99. The zero-order valence-corrected chi connectivity index (χ0v) is 15.8. The highest BCUT2D eigenvalue weighted by atomic mass is 16.5. The van der Waals surface area contributed by atoms with Crippen LogP contribution >= 0.6 is 0 Å². The molecule has 3 unspecified atom stereocenters. The second kappa shape index (κ2) is 6.72. The Morgan fingerprint density at radius 1 is 1.11 bits per heavy atom. The number of nitrogens with one attached hydrogen (secondary N) is 1. The Bertz CT molecular complexity index is 891. The Morgan fingerprint density at radius 2 is 1.64 bits per heavy atom. The summed E-state index contributed by atoms with van der Waals surface area (Å²) in [5.41, 5.74) is 1.97. The number of carbonyl (C=O) groups is 2. The van der Waals surface area contributed by atoms with Crippen molar-refractivity contribution in [1.82, 2.24) is 5.32 Å². The van der Waals surface area contributed by atoms with Gasteiger partial charge in [0.1, 0.15) is 11.5 Å². The van der Waals surface area contributed by atoms with Crippen LogP contribution in [0, 0.1) is 11.8 Å². The predicted molar refractivity (Wildman–Crippen MR) is 102 cm³/mol. The molecule has 2 bridgehead atoms. The normalized spacial score (nSPS) is 28.2. The van der Waals surface area contributed by atoms with E-state index < -0.39 is 29.5 Å². The van der Waals surface area contributed by atoms with Gasteiger partial charge >= 0.3 is 5.97 Å². The third-order valence-corrected chi connectivity index (χ3v) is 5.92. The highest BCUT2D eigenvalue weighted by Crippen LogP contribution is 2.62. The van der Waals surface area contributed by atoms with Crippen molar-refractivity contribution in [2.75, 3.05) is 13.7 Å². The molecule has 0 fully saturated rings. The smallest absolute Gasteiger partial charge is 0.311 e. The highest BCUT2D eigenvalue weighted by Gasteiger charge is 2.64. The van der Waals surface area contributed by atoms with Gasteiger partial charge in [0.05, 0.1) is 18.6 Å². The van der Waals surface area contributed by atoms with E-state index in [1.165, 1.54) is 7.05 Å². The molecule has 3 atom stereocenters. The molecule has 1 amide bonds. The number of amides is 1. The molecule has 0 saturated heterocycles. The summed E-state index contributed by atoms with van der Waals surface area (Å²) in [4.78, 5) is 25.4. The molecule has 3 aliphatic rings. The Kier molecular flexibility index (Phi) is 4.48. The molecule has 28 heavy (non-hydrogen) atoms. The minimum Gasteiger partial charge on any atom is -0.481 e. The van der Waals surface area contributed by atoms with E-state index in [9.17, 15) is 19.8 Å². The van der Waals surface area contributed by atoms with Crippen LogP contribution in [0.4, 0.5) is 0 Å². The summed E-state index contributed by atoms with van der Waals surface area (Å²) in [5.74, 6) is -3.72. The minimum absolute atomic E-state index is 0.0441. The number of fused-ring (bicyclic) bond motifs is 1. The zero-order valence-electron chi connectivity index (χ0n) is 15.8. The first-order valence-electron chi connectivity index (χ1n) is 9.38. The molecule has 3 aliphatic carbocycles. The van der Waals surface area contributed by atoms with Crippen LogP contribution < -0.4 is 5.32 Å². The van der Waals surface area contributed by atoms with Gasteiger partial charge in [-0.15, -0.1) is 0 Å². The van der Waals surface area contributed by atoms with Crippen LogP contribution in [-0.2, 0) is 19.9 Å². The molecule has 0 radical (unpaired) electrons. The van der Waals surface area contributed by atoms with Gasteiger partial charge in [-0.2, -0.15) is 0 Å². The van der Waals surface area contributed by atoms with E-state index in [0.29, 0.717) is 0 Å². The van der Waals surface area contributed by atoms with E-state index in [-0.39, 0.29) is 18.4 Å². The molecule has 6 heteroatoms. The number of benzene rings is 2. The van der Waals surface area contributed by atoms with Gasteiger partial charge in [-0.1, -0.05) is 48.5 Å². The van der Waals surface area contributed by atoms with E-state index >= 15 is 0 Å². The van der Waals surface area contributed by atoms with E-state index in [1.807, 2.05) is 48.5 Å². The Hall–Kier alpha value is -2.70. The van der Waals surface area contributed by atoms with Crippen LogP contribution in [0.5, 0.6) is 0 Å². The topological polar surface area (TPSA) is 95.9 Å². The number of aliphatic hydroxyl groups is 1. The zero-order chi connectivity index (χ0) is 20.1. The van der Waals surface area contributed by atoms with E-state index in [4.69, 9.17) is 4.74 Å². The molecule has 5 rings (SSSR count). The number of carboxylic acid groups (broad SMARTS) is 1. The maximum atomic E-state index is 12.9. The van der Waals surface area contributed by atoms with E-state index in [0.717, 1.165) is 22.3 Å². The predicted octanol–water partition coefficient (Wildman–Crippen LogP) is 1.85. The third kappa shape index (κ3) is 2.41. The number of carboxylic acids is 1. The van der Waals surface area contributed by atoms with Crippen LogP contribution in [0.3, 0.4) is 0 Å². The summed E-state index contributed by atoms with van der Waals surface area (Å²) in [6, 6.07) is 15.1. The van der Waals surface area contributed by atoms with Gasteiger partial charge in [-0.3, -0.25) is 9.59 Å². The molecular formula is C22H23NO5. The average molecular weight is 381 g/mol. The van der Waals surface area contributed by atoms with Crippen molar-refractivity contribution in [2.24, 2.45) is 11.8 Å². The Labute approximate surface area is 163 Å². The monoisotopic (exact) mass is 381 g/mol. The number of aliphatic hydroxyl groups excluding tert-OH is 1. The van der Waals surface area contributed by atoms with Gasteiger partial charge in [-0.25, -0.2) is 0 Å². The highest BCUT2D eigenvalue weighted by molar-refractivity contribution is 5.90. The summed E-state index contributed by atoms with van der Waals surface area (Å²) in [6.07, 6.45) is -0.777. The second-order valence-electron chi connectivity index (χ2n) is 7.50. The molecule has 0 spiro atoms. The fraction of sp³-hybridized carbons (Fsp3) is 0.364. The summed E-state index contributed by atoms with van der Waals surface area (Å²) in [5, 5.41) is 22.8. The van der Waals surface area contributed by atoms with Crippen molar-refractivity contribution in [3.63, 3.8) is 0 Å². The van der Waals surface area contributed by atoms with E-state index in [1.54, 1.807) is 6.92 Å². The van der Waals surface area contributed by atoms with Gasteiger partial charge in [0.15, 0.2) is 0 Å². The van der Waals surface area contributed by atoms with Crippen LogP contribution in [0.25, 0.3) is 0 Å². The summed E-state index contributed by atoms with van der Waals surface area (Å²) in [7, 11) is 1.52. The van der Waals surface area contributed by atoms with Gasteiger partial charge in [-0.05, 0) is 29.2 Å². The van der Waals surface area contributed by atoms with Gasteiger partial charge in [0.2, 0.25) is 5.91 Å². The Morgan fingerprint density at radius 3 is 2.11 bits per heavy atom. The minimum atomic E-state index is -1.35. The van der Waals surface area contributed by atoms with Gasteiger partial charge in [0, 0.05) is 13.0 Å². The lowest BCUT2D eigenvalue weighted by Gasteiger charge is -2.55. The van der Waals surface area contributed by atoms with Gasteiger partial charge in [0.25, 0.3) is 0 Å². The summed E-state index contributed by atoms with van der Waals surface area (Å²) < 4.78 is 6.26. The molecule has 3 N–H and O–H groups in total. The fourth-order valence-electron chi connectivity index (χ4n) is 4.99. The van der Waals surface area contributed by atoms with Crippen LogP contribution in [0.2, 0.25) is 0 Å². The van der Waals surface area contributed by atoms with Crippen LogP contribution in [0.1, 0.15) is 35.1 Å². The van der Waals surface area contributed by atoms with Crippen molar-refractivity contribution in [2.45, 2.75) is 24.5 Å². The molecule has 0 saturated carbocycles. The van der Waals surface area contributed by atoms with Crippen molar-refractivity contribution in [3.05, 3.63) is 70.8 Å². The quantitative estimate of drug-likeness (QED) is 0.735. The van der Waals surface area contributed by atoms with Crippen LogP contribution in [0.15, 0.2) is 48.5 Å². The lowest BCUT2D eigenvalue weighted by atomic mass is 9.51. The lowest BCUT2D eigenvalue weighted by Crippen LogP contribution is -2.60. The number of carbonyl (C=O) groups excluding carboxylic acids is 1. The van der Waals surface area contributed by atoms with Crippen molar-refractivity contribution < 1.29 is 24.5 Å². The third-order valence-electron chi connectivity index (χ3n) is 5.92. The molecule has 0 aromatic heterocycles. The van der Waals surface area contributed by atoms with Crippen molar-refractivity contribution in [1.29, 1.82) is 0 Å². The first-order valence-corrected chi connectivity index (χ1v) is 9.38. The number of hydrogen-bond acceptors (Lipinski definition) is 4. The van der Waals surface area contributed by atoms with E-state index in [2.05, 4.69) is 5.32 Å². The van der Waals surface area contributed by atoms with Crippen molar-refractivity contribution in [3.8, 4) is 0 Å². The molecule has 146 valence electrons. The van der Waals surface area contributed by atoms with Crippen LogP contribution in [-0.4, -0.2) is 41.8 Å². The summed E-state index contributed by atoms with van der Waals surface area (Å²) in [6.45, 7) is 1.55. The Balaban J connectivity index is 2.08.